The molecule has 1 saturated carbocycles. The first-order valence-corrected chi connectivity index (χ1v) is 11.8. The van der Waals surface area contributed by atoms with E-state index in [4.69, 9.17) is 4.74 Å². The van der Waals surface area contributed by atoms with Crippen LogP contribution in [0.1, 0.15) is 92.6 Å². The minimum atomic E-state index is 0.0820. The molecule has 3 fully saturated rings. The fraction of sp³-hybridized carbons (Fsp3) is 0.783. The summed E-state index contributed by atoms with van der Waals surface area (Å²) in [5.41, 5.74) is 1.66. The van der Waals surface area contributed by atoms with E-state index in [9.17, 15) is 9.59 Å². The molecule has 7 nitrogen and oxygen atoms in total. The van der Waals surface area contributed by atoms with Gasteiger partial charge in [-0.3, -0.25) is 14.7 Å². The summed E-state index contributed by atoms with van der Waals surface area (Å²) in [6, 6.07) is 0.343. The van der Waals surface area contributed by atoms with Crippen LogP contribution >= 0.6 is 0 Å². The minimum Gasteiger partial charge on any atom is -0.378 e. The van der Waals surface area contributed by atoms with E-state index in [2.05, 4.69) is 10.2 Å². The van der Waals surface area contributed by atoms with E-state index >= 15 is 0 Å². The van der Waals surface area contributed by atoms with Crippen LogP contribution in [0.15, 0.2) is 6.20 Å². The highest BCUT2D eigenvalue weighted by atomic mass is 16.5. The van der Waals surface area contributed by atoms with E-state index in [1.54, 1.807) is 6.20 Å². The third-order valence-electron chi connectivity index (χ3n) is 7.27. The molecular weight excluding hydrogens is 380 g/mol. The minimum absolute atomic E-state index is 0.0820. The zero-order chi connectivity index (χ0) is 20.9. The molecule has 0 unspecified atom stereocenters. The first-order chi connectivity index (χ1) is 14.6. The van der Waals surface area contributed by atoms with Crippen LogP contribution in [0.2, 0.25) is 0 Å². The SMILES string of the molecule is CN(C(=O)c1cn[nH]c1C1CCN(C(=O)C[C@@H]2CCCCO2)CC1)C1CCCCC1. The van der Waals surface area contributed by atoms with Crippen LogP contribution in [0.3, 0.4) is 0 Å². The lowest BCUT2D eigenvalue weighted by atomic mass is 9.90. The number of aromatic nitrogens is 2. The number of aromatic amines is 1. The smallest absolute Gasteiger partial charge is 0.257 e. The Labute approximate surface area is 179 Å². The fourth-order valence-electron chi connectivity index (χ4n) is 5.31. The Morgan fingerprint density at radius 3 is 2.53 bits per heavy atom. The summed E-state index contributed by atoms with van der Waals surface area (Å²) in [5, 5.41) is 7.31. The Kier molecular flexibility index (Phi) is 7.08. The summed E-state index contributed by atoms with van der Waals surface area (Å²) in [6.45, 7) is 2.26. The van der Waals surface area contributed by atoms with E-state index in [0.29, 0.717) is 18.0 Å². The first kappa shape index (κ1) is 21.3. The zero-order valence-electron chi connectivity index (χ0n) is 18.3. The Morgan fingerprint density at radius 1 is 1.10 bits per heavy atom. The molecule has 2 saturated heterocycles. The van der Waals surface area contributed by atoms with Gasteiger partial charge in [0.05, 0.1) is 30.0 Å². The van der Waals surface area contributed by atoms with Crippen LogP contribution in [0, 0.1) is 0 Å². The summed E-state index contributed by atoms with van der Waals surface area (Å²) < 4.78 is 5.73. The van der Waals surface area contributed by atoms with Gasteiger partial charge in [-0.05, 0) is 44.9 Å². The molecule has 3 aliphatic rings. The third-order valence-corrected chi connectivity index (χ3v) is 7.27. The highest BCUT2D eigenvalue weighted by Gasteiger charge is 2.31. The van der Waals surface area contributed by atoms with Crippen LogP contribution in [0.25, 0.3) is 0 Å². The fourth-order valence-corrected chi connectivity index (χ4v) is 5.31. The van der Waals surface area contributed by atoms with Crippen LogP contribution in [-0.2, 0) is 9.53 Å². The molecule has 7 heteroatoms. The standard InChI is InChI=1S/C23H36N4O3/c1-26(18-7-3-2-4-8-18)23(29)20-16-24-25-22(20)17-10-12-27(13-11-17)21(28)15-19-9-5-6-14-30-19/h16-19H,2-15H2,1H3,(H,24,25)/t19-/m0/s1. The summed E-state index contributed by atoms with van der Waals surface area (Å²) >= 11 is 0. The van der Waals surface area contributed by atoms with Crippen molar-refractivity contribution in [2.75, 3.05) is 26.7 Å². The molecule has 1 N–H and O–H groups in total. The van der Waals surface area contributed by atoms with Gasteiger partial charge < -0.3 is 14.5 Å². The van der Waals surface area contributed by atoms with Crippen molar-refractivity contribution >= 4 is 11.8 Å². The van der Waals surface area contributed by atoms with Gasteiger partial charge in [0, 0.05) is 38.7 Å². The predicted molar refractivity (Wildman–Crippen MR) is 114 cm³/mol. The van der Waals surface area contributed by atoms with Gasteiger partial charge in [0.1, 0.15) is 0 Å². The average molecular weight is 417 g/mol. The molecule has 1 aliphatic carbocycles. The first-order valence-electron chi connectivity index (χ1n) is 11.8. The van der Waals surface area contributed by atoms with Crippen LogP contribution in [0.5, 0.6) is 0 Å². The van der Waals surface area contributed by atoms with Gasteiger partial charge in [-0.25, -0.2) is 0 Å². The number of carbonyl (C=O) groups excluding carboxylic acids is 2. The van der Waals surface area contributed by atoms with E-state index in [1.165, 1.54) is 19.3 Å². The number of carbonyl (C=O) groups is 2. The topological polar surface area (TPSA) is 78.5 Å². The lowest BCUT2D eigenvalue weighted by Crippen LogP contribution is -2.41. The van der Waals surface area contributed by atoms with Crippen LogP contribution in [-0.4, -0.2) is 70.7 Å². The molecule has 1 atom stereocenters. The lowest BCUT2D eigenvalue weighted by Gasteiger charge is -2.34. The zero-order valence-corrected chi connectivity index (χ0v) is 18.3. The van der Waals surface area contributed by atoms with Crippen molar-refractivity contribution in [2.24, 2.45) is 0 Å². The van der Waals surface area contributed by atoms with Crippen molar-refractivity contribution in [3.05, 3.63) is 17.5 Å². The van der Waals surface area contributed by atoms with Gasteiger partial charge in [-0.1, -0.05) is 19.3 Å². The summed E-state index contributed by atoms with van der Waals surface area (Å²) in [5.74, 6) is 0.540. The van der Waals surface area contributed by atoms with Gasteiger partial charge in [-0.2, -0.15) is 5.10 Å². The molecule has 0 spiro atoms. The van der Waals surface area contributed by atoms with Gasteiger partial charge in [0.15, 0.2) is 0 Å². The van der Waals surface area contributed by atoms with Crippen LogP contribution < -0.4 is 0 Å². The average Bonchev–Trinajstić information content (AvgIpc) is 3.29. The molecule has 1 aromatic rings. The largest absolute Gasteiger partial charge is 0.378 e. The summed E-state index contributed by atoms with van der Waals surface area (Å²) in [6.07, 6.45) is 13.2. The number of amides is 2. The Hall–Kier alpha value is -1.89. The molecule has 0 radical (unpaired) electrons. The number of nitrogens with one attached hydrogen (secondary N) is 1. The number of nitrogens with zero attached hydrogens (tertiary/aromatic N) is 3. The van der Waals surface area contributed by atoms with E-state index in [1.807, 2.05) is 16.8 Å². The van der Waals surface area contributed by atoms with Crippen molar-refractivity contribution in [3.63, 3.8) is 0 Å². The highest BCUT2D eigenvalue weighted by Crippen LogP contribution is 2.31. The van der Waals surface area contributed by atoms with E-state index in [-0.39, 0.29) is 23.8 Å². The van der Waals surface area contributed by atoms with Gasteiger partial charge >= 0.3 is 0 Å². The van der Waals surface area contributed by atoms with Crippen molar-refractivity contribution in [1.82, 2.24) is 20.0 Å². The van der Waals surface area contributed by atoms with Crippen molar-refractivity contribution in [1.29, 1.82) is 0 Å². The maximum absolute atomic E-state index is 13.1. The highest BCUT2D eigenvalue weighted by molar-refractivity contribution is 5.95. The maximum atomic E-state index is 13.1. The van der Waals surface area contributed by atoms with Gasteiger partial charge in [-0.15, -0.1) is 0 Å². The summed E-state index contributed by atoms with van der Waals surface area (Å²) in [4.78, 5) is 29.7. The second-order valence-corrected chi connectivity index (χ2v) is 9.25. The number of hydrogen-bond donors (Lipinski definition) is 1. The third kappa shape index (κ3) is 4.88. The van der Waals surface area contributed by atoms with Gasteiger partial charge in [0.2, 0.25) is 5.91 Å². The summed E-state index contributed by atoms with van der Waals surface area (Å²) in [7, 11) is 1.93. The molecule has 2 amide bonds. The quantitative estimate of drug-likeness (QED) is 0.797. The Morgan fingerprint density at radius 2 is 1.83 bits per heavy atom. The van der Waals surface area contributed by atoms with Crippen LogP contribution in [0.4, 0.5) is 0 Å². The second kappa shape index (κ2) is 9.94. The van der Waals surface area contributed by atoms with Crippen molar-refractivity contribution < 1.29 is 14.3 Å². The maximum Gasteiger partial charge on any atom is 0.257 e. The molecule has 166 valence electrons. The number of rotatable bonds is 5. The Balaban J connectivity index is 1.32. The molecule has 1 aromatic heterocycles. The molecule has 30 heavy (non-hydrogen) atoms. The van der Waals surface area contributed by atoms with Crippen molar-refractivity contribution in [3.8, 4) is 0 Å². The Bertz CT molecular complexity index is 714. The lowest BCUT2D eigenvalue weighted by molar-refractivity contribution is -0.136. The number of likely N-dealkylation sites (tertiary alicyclic amines) is 1. The monoisotopic (exact) mass is 416 g/mol. The normalized spacial score (nSPS) is 24.0. The molecule has 2 aliphatic heterocycles. The number of H-pyrrole nitrogens is 1. The van der Waals surface area contributed by atoms with E-state index < -0.39 is 0 Å². The van der Waals surface area contributed by atoms with Gasteiger partial charge in [0.25, 0.3) is 5.91 Å². The number of piperidine rings is 1. The number of hydrogen-bond acceptors (Lipinski definition) is 4. The predicted octanol–water partition coefficient (Wildman–Crippen LogP) is 3.48. The molecule has 4 rings (SSSR count). The molecule has 0 aromatic carbocycles. The second-order valence-electron chi connectivity index (χ2n) is 9.25. The molecule has 3 heterocycles. The van der Waals surface area contributed by atoms with Crippen molar-refractivity contribution in [2.45, 2.75) is 88.7 Å². The number of ether oxygens (including phenoxy) is 1. The molecular formula is C23H36N4O3. The van der Waals surface area contributed by atoms with E-state index in [0.717, 1.165) is 70.3 Å². The molecule has 0 bridgehead atoms.